The molecule has 128 valence electrons. The second-order valence-corrected chi connectivity index (χ2v) is 6.19. The maximum Gasteiger partial charge on any atom is 0.157 e. The maximum absolute atomic E-state index is 12.0. The SMILES string of the molecule is COc1ccc([C@](O)(c2ccccc2)c2nccc3ccccc23)cc1. The molecule has 0 saturated carbocycles. The lowest BCUT2D eigenvalue weighted by Crippen LogP contribution is -2.30. The Bertz CT molecular complexity index is 1020. The maximum atomic E-state index is 12.0. The third kappa shape index (κ3) is 2.63. The quantitative estimate of drug-likeness (QED) is 0.593. The monoisotopic (exact) mass is 341 g/mol. The number of aromatic nitrogens is 1. The van der Waals surface area contributed by atoms with Crippen molar-refractivity contribution >= 4 is 10.8 Å². The summed E-state index contributed by atoms with van der Waals surface area (Å²) in [6.07, 6.45) is 1.75. The van der Waals surface area contributed by atoms with Crippen LogP contribution >= 0.6 is 0 Å². The Morgan fingerprint density at radius 3 is 2.15 bits per heavy atom. The van der Waals surface area contributed by atoms with Crippen LogP contribution < -0.4 is 4.74 Å². The van der Waals surface area contributed by atoms with Gasteiger partial charge in [0.25, 0.3) is 0 Å². The summed E-state index contributed by atoms with van der Waals surface area (Å²) in [6.45, 7) is 0. The highest BCUT2D eigenvalue weighted by molar-refractivity contribution is 5.86. The summed E-state index contributed by atoms with van der Waals surface area (Å²) in [6, 6.07) is 27.1. The number of fused-ring (bicyclic) bond motifs is 1. The summed E-state index contributed by atoms with van der Waals surface area (Å²) in [4.78, 5) is 4.59. The summed E-state index contributed by atoms with van der Waals surface area (Å²) in [5.74, 6) is 0.745. The Labute approximate surface area is 152 Å². The second-order valence-electron chi connectivity index (χ2n) is 6.19. The average Bonchev–Trinajstić information content (AvgIpc) is 2.73. The molecule has 4 aromatic rings. The van der Waals surface area contributed by atoms with Crippen molar-refractivity contribution in [3.8, 4) is 5.75 Å². The summed E-state index contributed by atoms with van der Waals surface area (Å²) in [7, 11) is 1.63. The predicted octanol–water partition coefficient (Wildman–Crippen LogP) is 4.53. The molecule has 1 aromatic heterocycles. The smallest absolute Gasteiger partial charge is 0.157 e. The lowest BCUT2D eigenvalue weighted by Gasteiger charge is -2.30. The number of hydrogen-bond acceptors (Lipinski definition) is 3. The fourth-order valence-electron chi connectivity index (χ4n) is 3.36. The summed E-state index contributed by atoms with van der Waals surface area (Å²) >= 11 is 0. The van der Waals surface area contributed by atoms with Crippen LogP contribution in [0, 0.1) is 0 Å². The van der Waals surface area contributed by atoms with Gasteiger partial charge in [-0.3, -0.25) is 4.98 Å². The molecular formula is C23H19NO2. The van der Waals surface area contributed by atoms with Gasteiger partial charge in [-0.05, 0) is 34.7 Å². The first kappa shape index (κ1) is 16.3. The third-order valence-electron chi connectivity index (χ3n) is 4.72. The van der Waals surface area contributed by atoms with Crippen molar-refractivity contribution in [1.82, 2.24) is 4.98 Å². The Morgan fingerprint density at radius 2 is 1.42 bits per heavy atom. The van der Waals surface area contributed by atoms with E-state index in [1.54, 1.807) is 13.3 Å². The molecule has 0 amide bonds. The summed E-state index contributed by atoms with van der Waals surface area (Å²) in [5.41, 5.74) is 0.767. The van der Waals surface area contributed by atoms with Crippen LogP contribution in [0.25, 0.3) is 10.8 Å². The molecule has 26 heavy (non-hydrogen) atoms. The molecule has 0 aliphatic carbocycles. The molecule has 1 heterocycles. The van der Waals surface area contributed by atoms with Crippen LogP contribution in [0.3, 0.4) is 0 Å². The van der Waals surface area contributed by atoms with Gasteiger partial charge in [0.2, 0.25) is 0 Å². The number of nitrogens with zero attached hydrogens (tertiary/aromatic N) is 1. The molecule has 3 aromatic carbocycles. The lowest BCUT2D eigenvalue weighted by atomic mass is 9.81. The molecule has 0 saturated heterocycles. The molecule has 4 rings (SSSR count). The highest BCUT2D eigenvalue weighted by atomic mass is 16.5. The Morgan fingerprint density at radius 1 is 0.769 bits per heavy atom. The second kappa shape index (κ2) is 6.62. The van der Waals surface area contributed by atoms with Gasteiger partial charge in [0.05, 0.1) is 12.8 Å². The summed E-state index contributed by atoms with van der Waals surface area (Å²) in [5, 5.41) is 14.0. The zero-order valence-electron chi connectivity index (χ0n) is 14.5. The standard InChI is InChI=1S/C23H19NO2/c1-26-20-13-11-19(12-14-20)23(25,18-8-3-2-4-9-18)22-21-10-6-5-7-17(21)15-16-24-22/h2-16,25H,1H3/t23-/m1/s1. The number of methoxy groups -OCH3 is 1. The highest BCUT2D eigenvalue weighted by Gasteiger charge is 2.36. The van der Waals surface area contributed by atoms with Crippen molar-refractivity contribution in [3.05, 3.63) is 108 Å². The van der Waals surface area contributed by atoms with E-state index in [0.717, 1.165) is 27.6 Å². The number of rotatable bonds is 4. The molecule has 0 aliphatic rings. The van der Waals surface area contributed by atoms with E-state index in [-0.39, 0.29) is 0 Å². The van der Waals surface area contributed by atoms with E-state index in [4.69, 9.17) is 4.74 Å². The fraction of sp³-hybridized carbons (Fsp3) is 0.0870. The molecule has 0 spiro atoms. The van der Waals surface area contributed by atoms with Gasteiger partial charge in [-0.2, -0.15) is 0 Å². The van der Waals surface area contributed by atoms with Crippen molar-refractivity contribution in [2.45, 2.75) is 5.60 Å². The molecule has 0 radical (unpaired) electrons. The number of ether oxygens (including phenoxy) is 1. The van der Waals surface area contributed by atoms with Gasteiger partial charge in [0.15, 0.2) is 5.60 Å². The topological polar surface area (TPSA) is 42.4 Å². The minimum absolute atomic E-state index is 0.618. The largest absolute Gasteiger partial charge is 0.497 e. The Balaban J connectivity index is 2.02. The van der Waals surface area contributed by atoms with E-state index in [9.17, 15) is 5.11 Å². The van der Waals surface area contributed by atoms with Crippen LogP contribution in [-0.2, 0) is 5.60 Å². The third-order valence-corrected chi connectivity index (χ3v) is 4.72. The highest BCUT2D eigenvalue weighted by Crippen LogP contribution is 2.39. The van der Waals surface area contributed by atoms with Gasteiger partial charge in [-0.15, -0.1) is 0 Å². The molecule has 0 aliphatic heterocycles. The van der Waals surface area contributed by atoms with E-state index in [1.807, 2.05) is 84.9 Å². The fourth-order valence-corrected chi connectivity index (χ4v) is 3.36. The van der Waals surface area contributed by atoms with Crippen LogP contribution in [0.5, 0.6) is 5.75 Å². The first-order valence-electron chi connectivity index (χ1n) is 8.50. The normalized spacial score (nSPS) is 13.3. The molecule has 0 bridgehead atoms. The molecule has 0 fully saturated rings. The van der Waals surface area contributed by atoms with Gasteiger partial charge in [-0.1, -0.05) is 66.7 Å². The van der Waals surface area contributed by atoms with E-state index >= 15 is 0 Å². The van der Waals surface area contributed by atoms with Crippen LogP contribution in [0.1, 0.15) is 16.8 Å². The van der Waals surface area contributed by atoms with Crippen LogP contribution in [0.2, 0.25) is 0 Å². The van der Waals surface area contributed by atoms with Crippen molar-refractivity contribution in [2.75, 3.05) is 7.11 Å². The first-order chi connectivity index (χ1) is 12.7. The number of aliphatic hydroxyl groups is 1. The van der Waals surface area contributed by atoms with Crippen molar-refractivity contribution in [2.24, 2.45) is 0 Å². The van der Waals surface area contributed by atoms with E-state index in [0.29, 0.717) is 5.69 Å². The molecule has 3 nitrogen and oxygen atoms in total. The van der Waals surface area contributed by atoms with Gasteiger partial charge >= 0.3 is 0 Å². The average molecular weight is 341 g/mol. The molecule has 0 unspecified atom stereocenters. The summed E-state index contributed by atoms with van der Waals surface area (Å²) < 4.78 is 5.27. The van der Waals surface area contributed by atoms with Gasteiger partial charge in [-0.25, -0.2) is 0 Å². The zero-order chi connectivity index (χ0) is 18.0. The van der Waals surface area contributed by atoms with Gasteiger partial charge < -0.3 is 9.84 Å². The first-order valence-corrected chi connectivity index (χ1v) is 8.50. The predicted molar refractivity (Wildman–Crippen MR) is 103 cm³/mol. The van der Waals surface area contributed by atoms with Crippen molar-refractivity contribution < 1.29 is 9.84 Å². The molecule has 3 heteroatoms. The number of hydrogen-bond donors (Lipinski definition) is 1. The molecule has 1 atom stereocenters. The van der Waals surface area contributed by atoms with Crippen LogP contribution in [-0.4, -0.2) is 17.2 Å². The zero-order valence-corrected chi connectivity index (χ0v) is 14.5. The van der Waals surface area contributed by atoms with E-state index < -0.39 is 5.60 Å². The van der Waals surface area contributed by atoms with Crippen LogP contribution in [0.15, 0.2) is 91.1 Å². The van der Waals surface area contributed by atoms with Crippen molar-refractivity contribution in [3.63, 3.8) is 0 Å². The van der Waals surface area contributed by atoms with Gasteiger partial charge in [0.1, 0.15) is 5.75 Å². The molecule has 1 N–H and O–H groups in total. The lowest BCUT2D eigenvalue weighted by molar-refractivity contribution is 0.122. The minimum atomic E-state index is -1.37. The molecular weight excluding hydrogens is 322 g/mol. The van der Waals surface area contributed by atoms with E-state index in [2.05, 4.69) is 4.98 Å². The number of pyridine rings is 1. The van der Waals surface area contributed by atoms with Gasteiger partial charge in [0, 0.05) is 11.6 Å². The van der Waals surface area contributed by atoms with E-state index in [1.165, 1.54) is 0 Å². The minimum Gasteiger partial charge on any atom is -0.497 e. The van der Waals surface area contributed by atoms with Crippen molar-refractivity contribution in [1.29, 1.82) is 0 Å². The Kier molecular flexibility index (Phi) is 4.15. The number of benzene rings is 3. The van der Waals surface area contributed by atoms with Crippen LogP contribution in [0.4, 0.5) is 0 Å². The Hall–Kier alpha value is -3.17.